The molecule has 3 heteroatoms. The highest BCUT2D eigenvalue weighted by molar-refractivity contribution is 6.18. The quantitative estimate of drug-likeness (QED) is 0.701. The van der Waals surface area contributed by atoms with Crippen molar-refractivity contribution in [1.29, 1.82) is 0 Å². The molecule has 0 aromatic heterocycles. The average Bonchev–Trinajstić information content (AvgIpc) is 2.15. The van der Waals surface area contributed by atoms with E-state index in [0.29, 0.717) is 0 Å². The Morgan fingerprint density at radius 2 is 1.86 bits per heavy atom. The summed E-state index contributed by atoms with van der Waals surface area (Å²) in [7, 11) is 1.71. The molecule has 0 aliphatic heterocycles. The summed E-state index contributed by atoms with van der Waals surface area (Å²) < 4.78 is 5.46. The highest BCUT2D eigenvalue weighted by atomic mass is 35.5. The number of alkyl halides is 1. The molecule has 0 spiro atoms. The van der Waals surface area contributed by atoms with Crippen LogP contribution in [0.25, 0.3) is 0 Å². The van der Waals surface area contributed by atoms with E-state index in [1.807, 2.05) is 13.8 Å². The molecule has 0 aliphatic rings. The van der Waals surface area contributed by atoms with Gasteiger partial charge in [-0.25, -0.2) is 0 Å². The Labute approximate surface area is 92.6 Å². The number of hydrogen-bond acceptors (Lipinski definition) is 2. The third-order valence-corrected chi connectivity index (χ3v) is 3.41. The smallest absolute Gasteiger partial charge is 0.0727 e. The van der Waals surface area contributed by atoms with Crippen LogP contribution in [-0.4, -0.2) is 29.8 Å². The second kappa shape index (κ2) is 5.34. The minimum Gasteiger partial charge on any atom is -0.391 e. The van der Waals surface area contributed by atoms with Crippen molar-refractivity contribution in [1.82, 2.24) is 0 Å². The Morgan fingerprint density at radius 3 is 2.14 bits per heavy atom. The van der Waals surface area contributed by atoms with Crippen LogP contribution in [0.15, 0.2) is 0 Å². The summed E-state index contributed by atoms with van der Waals surface area (Å²) in [5.41, 5.74) is -0.376. The van der Waals surface area contributed by atoms with Crippen molar-refractivity contribution in [3.8, 4) is 0 Å². The zero-order valence-corrected chi connectivity index (χ0v) is 10.7. The second-order valence-corrected chi connectivity index (χ2v) is 5.15. The predicted octanol–water partition coefficient (Wildman–Crippen LogP) is 2.82. The molecule has 0 saturated heterocycles. The highest BCUT2D eigenvalue weighted by Crippen LogP contribution is 2.35. The van der Waals surface area contributed by atoms with E-state index in [1.54, 1.807) is 7.11 Å². The van der Waals surface area contributed by atoms with Gasteiger partial charge in [-0.05, 0) is 25.2 Å². The van der Waals surface area contributed by atoms with Crippen LogP contribution < -0.4 is 0 Å². The first-order chi connectivity index (χ1) is 6.31. The first-order valence-corrected chi connectivity index (χ1v) is 5.64. The Morgan fingerprint density at radius 1 is 1.36 bits per heavy atom. The van der Waals surface area contributed by atoms with Gasteiger partial charge < -0.3 is 9.84 Å². The number of rotatable bonds is 6. The van der Waals surface area contributed by atoms with E-state index in [0.717, 1.165) is 12.8 Å². The number of hydrogen-bond donors (Lipinski definition) is 1. The SMILES string of the molecule is CCC(C)(CC(C)(C)C(O)CCl)OC. The third-order valence-electron chi connectivity index (χ3n) is 3.12. The van der Waals surface area contributed by atoms with Crippen LogP contribution in [0, 0.1) is 5.41 Å². The molecular formula is C11H23ClO2. The second-order valence-electron chi connectivity index (χ2n) is 4.84. The molecular weight excluding hydrogens is 200 g/mol. The Bertz CT molecular complexity index is 165. The van der Waals surface area contributed by atoms with E-state index < -0.39 is 6.10 Å². The van der Waals surface area contributed by atoms with Gasteiger partial charge in [0.25, 0.3) is 0 Å². The number of ether oxygens (including phenoxy) is 1. The molecule has 0 bridgehead atoms. The molecule has 2 atom stereocenters. The van der Waals surface area contributed by atoms with Crippen LogP contribution in [-0.2, 0) is 4.74 Å². The van der Waals surface area contributed by atoms with Gasteiger partial charge in [-0.3, -0.25) is 0 Å². The summed E-state index contributed by atoms with van der Waals surface area (Å²) in [5, 5.41) is 9.75. The van der Waals surface area contributed by atoms with Gasteiger partial charge in [-0.15, -0.1) is 11.6 Å². The summed E-state index contributed by atoms with van der Waals surface area (Å²) in [4.78, 5) is 0. The van der Waals surface area contributed by atoms with Gasteiger partial charge in [0.05, 0.1) is 11.7 Å². The van der Waals surface area contributed by atoms with Gasteiger partial charge in [-0.1, -0.05) is 20.8 Å². The fraction of sp³-hybridized carbons (Fsp3) is 1.00. The summed E-state index contributed by atoms with van der Waals surface area (Å²) in [6.45, 7) is 8.20. The van der Waals surface area contributed by atoms with Crippen molar-refractivity contribution in [3.63, 3.8) is 0 Å². The Kier molecular flexibility index (Phi) is 5.42. The summed E-state index contributed by atoms with van der Waals surface area (Å²) in [6, 6.07) is 0. The Balaban J connectivity index is 4.47. The molecule has 0 fully saturated rings. The zero-order valence-electron chi connectivity index (χ0n) is 9.93. The summed E-state index contributed by atoms with van der Waals surface area (Å²) in [6.07, 6.45) is 1.26. The van der Waals surface area contributed by atoms with E-state index >= 15 is 0 Å². The molecule has 0 aromatic carbocycles. The van der Waals surface area contributed by atoms with Crippen molar-refractivity contribution in [2.45, 2.75) is 52.2 Å². The highest BCUT2D eigenvalue weighted by Gasteiger charge is 2.35. The van der Waals surface area contributed by atoms with Crippen LogP contribution in [0.1, 0.15) is 40.5 Å². The van der Waals surface area contributed by atoms with Crippen LogP contribution in [0.3, 0.4) is 0 Å². The summed E-state index contributed by atoms with van der Waals surface area (Å²) in [5.74, 6) is 0.274. The van der Waals surface area contributed by atoms with E-state index in [-0.39, 0.29) is 16.9 Å². The molecule has 0 rings (SSSR count). The van der Waals surface area contributed by atoms with E-state index in [1.165, 1.54) is 0 Å². The monoisotopic (exact) mass is 222 g/mol. The molecule has 1 N–H and O–H groups in total. The molecule has 0 heterocycles. The molecule has 0 saturated carbocycles. The normalized spacial score (nSPS) is 19.1. The maximum Gasteiger partial charge on any atom is 0.0727 e. The minimum absolute atomic E-state index is 0.170. The predicted molar refractivity (Wildman–Crippen MR) is 60.8 cm³/mol. The van der Waals surface area contributed by atoms with Crippen molar-refractivity contribution in [2.24, 2.45) is 5.41 Å². The van der Waals surface area contributed by atoms with Crippen LogP contribution in [0.2, 0.25) is 0 Å². The first kappa shape index (κ1) is 14.2. The average molecular weight is 223 g/mol. The molecule has 2 unspecified atom stereocenters. The number of methoxy groups -OCH3 is 1. The molecule has 0 aromatic rings. The molecule has 0 aliphatic carbocycles. The van der Waals surface area contributed by atoms with Crippen LogP contribution >= 0.6 is 11.6 Å². The fourth-order valence-electron chi connectivity index (χ4n) is 1.63. The lowest BCUT2D eigenvalue weighted by molar-refractivity contribution is -0.0583. The van der Waals surface area contributed by atoms with Crippen molar-refractivity contribution >= 4 is 11.6 Å². The molecule has 86 valence electrons. The zero-order chi connectivity index (χ0) is 11.4. The number of aliphatic hydroxyl groups is 1. The molecule has 0 amide bonds. The van der Waals surface area contributed by atoms with Gasteiger partial charge in [0, 0.05) is 13.0 Å². The van der Waals surface area contributed by atoms with Crippen molar-refractivity contribution in [2.75, 3.05) is 13.0 Å². The van der Waals surface area contributed by atoms with Gasteiger partial charge in [0.15, 0.2) is 0 Å². The molecule has 14 heavy (non-hydrogen) atoms. The molecule has 0 radical (unpaired) electrons. The lowest BCUT2D eigenvalue weighted by atomic mass is 9.76. The van der Waals surface area contributed by atoms with E-state index in [4.69, 9.17) is 16.3 Å². The largest absolute Gasteiger partial charge is 0.391 e. The van der Waals surface area contributed by atoms with E-state index in [2.05, 4.69) is 13.8 Å². The number of aliphatic hydroxyl groups excluding tert-OH is 1. The maximum absolute atomic E-state index is 9.75. The first-order valence-electron chi connectivity index (χ1n) is 5.10. The van der Waals surface area contributed by atoms with Crippen molar-refractivity contribution in [3.05, 3.63) is 0 Å². The van der Waals surface area contributed by atoms with Gasteiger partial charge >= 0.3 is 0 Å². The fourth-order valence-corrected chi connectivity index (χ4v) is 2.05. The maximum atomic E-state index is 9.75. The molecule has 2 nitrogen and oxygen atoms in total. The van der Waals surface area contributed by atoms with Crippen LogP contribution in [0.4, 0.5) is 0 Å². The van der Waals surface area contributed by atoms with E-state index in [9.17, 15) is 5.11 Å². The minimum atomic E-state index is -0.481. The topological polar surface area (TPSA) is 29.5 Å². The summed E-state index contributed by atoms with van der Waals surface area (Å²) >= 11 is 5.66. The van der Waals surface area contributed by atoms with Gasteiger partial charge in [-0.2, -0.15) is 0 Å². The lowest BCUT2D eigenvalue weighted by Crippen LogP contribution is -2.40. The Hall–Kier alpha value is 0.210. The number of halogens is 1. The van der Waals surface area contributed by atoms with Gasteiger partial charge in [0.2, 0.25) is 0 Å². The van der Waals surface area contributed by atoms with Crippen molar-refractivity contribution < 1.29 is 9.84 Å². The standard InChI is InChI=1S/C11H23ClO2/c1-6-11(4,14-5)8-10(2,3)9(13)7-12/h9,13H,6-8H2,1-5H3. The lowest BCUT2D eigenvalue weighted by Gasteiger charge is -2.38. The van der Waals surface area contributed by atoms with Crippen LogP contribution in [0.5, 0.6) is 0 Å². The van der Waals surface area contributed by atoms with Gasteiger partial charge in [0.1, 0.15) is 0 Å². The third kappa shape index (κ3) is 3.76.